The summed E-state index contributed by atoms with van der Waals surface area (Å²) < 4.78 is 5.90. The Bertz CT molecular complexity index is 353. The molecule has 0 bridgehead atoms. The van der Waals surface area contributed by atoms with Crippen LogP contribution in [0.5, 0.6) is 5.75 Å². The molecule has 0 fully saturated rings. The fraction of sp³-hybridized carbons (Fsp3) is 0.400. The maximum Gasteiger partial charge on any atom is 0.202 e. The fourth-order valence-electron chi connectivity index (χ4n) is 1.17. The summed E-state index contributed by atoms with van der Waals surface area (Å²) in [5.74, 6) is 0.602. The van der Waals surface area contributed by atoms with Crippen molar-refractivity contribution in [1.29, 1.82) is 5.41 Å². The summed E-state index contributed by atoms with van der Waals surface area (Å²) in [4.78, 5) is 0. The van der Waals surface area contributed by atoms with Crippen molar-refractivity contribution in [2.24, 2.45) is 0 Å². The molecule has 0 aliphatic rings. The number of rotatable bonds is 5. The highest BCUT2D eigenvalue weighted by atomic mass is 16.5. The lowest BCUT2D eigenvalue weighted by Gasteiger charge is -2.07. The van der Waals surface area contributed by atoms with Crippen molar-refractivity contribution in [3.63, 3.8) is 0 Å². The van der Waals surface area contributed by atoms with Crippen LogP contribution in [0.1, 0.15) is 12.6 Å². The molecule has 0 atom stereocenters. The lowest BCUT2D eigenvalue weighted by atomic mass is 10.2. The molecule has 1 rings (SSSR count). The van der Waals surface area contributed by atoms with Crippen LogP contribution in [0.3, 0.4) is 0 Å². The Labute approximate surface area is 88.0 Å². The molecule has 82 valence electrons. The lowest BCUT2D eigenvalue weighted by molar-refractivity contribution is -0.613. The van der Waals surface area contributed by atoms with Crippen molar-refractivity contribution in [3.05, 3.63) is 29.2 Å². The van der Waals surface area contributed by atoms with Gasteiger partial charge in [0.2, 0.25) is 5.69 Å². The van der Waals surface area contributed by atoms with Gasteiger partial charge in [0, 0.05) is 17.8 Å². The molecule has 15 heavy (non-hydrogen) atoms. The highest BCUT2D eigenvalue weighted by Crippen LogP contribution is 2.10. The third-order valence-corrected chi connectivity index (χ3v) is 1.86. The van der Waals surface area contributed by atoms with E-state index in [2.05, 4.69) is 0 Å². The first-order valence-corrected chi connectivity index (χ1v) is 4.69. The van der Waals surface area contributed by atoms with E-state index in [-0.39, 0.29) is 18.7 Å². The van der Waals surface area contributed by atoms with Crippen molar-refractivity contribution < 1.29 is 14.6 Å². The minimum Gasteiger partial charge on any atom is -0.618 e. The van der Waals surface area contributed by atoms with Crippen molar-refractivity contribution >= 4 is 5.71 Å². The van der Waals surface area contributed by atoms with Crippen molar-refractivity contribution in [1.82, 2.24) is 0 Å². The first-order valence-electron chi connectivity index (χ1n) is 4.69. The molecule has 5 nitrogen and oxygen atoms in total. The molecule has 5 heteroatoms. The van der Waals surface area contributed by atoms with Crippen LogP contribution >= 0.6 is 0 Å². The summed E-state index contributed by atoms with van der Waals surface area (Å²) in [5.41, 5.74) is 0.508. The molecule has 0 amide bonds. The van der Waals surface area contributed by atoms with E-state index in [4.69, 9.17) is 15.3 Å². The predicted octanol–water partition coefficient (Wildman–Crippen LogP) is 0.273. The van der Waals surface area contributed by atoms with Gasteiger partial charge >= 0.3 is 0 Å². The highest BCUT2D eigenvalue weighted by molar-refractivity contribution is 5.83. The van der Waals surface area contributed by atoms with Crippen LogP contribution in [0, 0.1) is 10.6 Å². The quantitative estimate of drug-likeness (QED) is 0.416. The number of nitrogens with one attached hydrogen (secondary N) is 1. The van der Waals surface area contributed by atoms with E-state index in [0.29, 0.717) is 22.8 Å². The third kappa shape index (κ3) is 3.21. The van der Waals surface area contributed by atoms with E-state index in [9.17, 15) is 5.21 Å². The normalized spacial score (nSPS) is 10.0. The van der Waals surface area contributed by atoms with E-state index < -0.39 is 0 Å². The minimum absolute atomic E-state index is 0.105. The second kappa shape index (κ2) is 5.31. The standard InChI is InChI=1S/C10H14N2O3/c1-2-15-10-3-4-12(14)9(6-10)5-8(11)7-13/h3-4,6,11,13H,2,5,7H2,1H3. The molecule has 1 aromatic rings. The number of hydrogen-bond donors (Lipinski definition) is 2. The molecule has 0 spiro atoms. The van der Waals surface area contributed by atoms with Crippen LogP contribution in [0.15, 0.2) is 18.3 Å². The molecule has 2 N–H and O–H groups in total. The van der Waals surface area contributed by atoms with Gasteiger partial charge in [0.1, 0.15) is 5.75 Å². The summed E-state index contributed by atoms with van der Waals surface area (Å²) in [5, 5.41) is 27.3. The molecule has 0 radical (unpaired) electrons. The maximum atomic E-state index is 11.3. The van der Waals surface area contributed by atoms with Crippen LogP contribution in [-0.4, -0.2) is 24.0 Å². The average Bonchev–Trinajstić information content (AvgIpc) is 2.23. The predicted molar refractivity (Wildman–Crippen MR) is 55.1 cm³/mol. The zero-order valence-electron chi connectivity index (χ0n) is 8.56. The second-order valence-corrected chi connectivity index (χ2v) is 3.05. The summed E-state index contributed by atoms with van der Waals surface area (Å²) in [6.07, 6.45) is 1.48. The summed E-state index contributed by atoms with van der Waals surface area (Å²) in [7, 11) is 0. The molecular formula is C10H14N2O3. The summed E-state index contributed by atoms with van der Waals surface area (Å²) in [6, 6.07) is 3.16. The number of hydrogen-bond acceptors (Lipinski definition) is 4. The van der Waals surface area contributed by atoms with Crippen LogP contribution in [-0.2, 0) is 6.42 Å². The topological polar surface area (TPSA) is 80.2 Å². The SMILES string of the molecule is CCOc1cc[n+]([O-])c(CC(=N)CO)c1. The highest BCUT2D eigenvalue weighted by Gasteiger charge is 2.09. The molecular weight excluding hydrogens is 196 g/mol. The average molecular weight is 210 g/mol. The largest absolute Gasteiger partial charge is 0.618 e. The number of nitrogens with zero attached hydrogens (tertiary/aromatic N) is 1. The molecule has 0 aliphatic heterocycles. The van der Waals surface area contributed by atoms with Gasteiger partial charge in [0.15, 0.2) is 6.20 Å². The van der Waals surface area contributed by atoms with Crippen LogP contribution in [0.4, 0.5) is 0 Å². The first kappa shape index (κ1) is 11.5. The van der Waals surface area contributed by atoms with Crippen molar-refractivity contribution in [2.75, 3.05) is 13.2 Å². The van der Waals surface area contributed by atoms with Gasteiger partial charge in [-0.3, -0.25) is 0 Å². The van der Waals surface area contributed by atoms with Crippen LogP contribution in [0.2, 0.25) is 0 Å². The monoisotopic (exact) mass is 210 g/mol. The molecule has 1 aromatic heterocycles. The van der Waals surface area contributed by atoms with Gasteiger partial charge in [0.25, 0.3) is 0 Å². The van der Waals surface area contributed by atoms with E-state index in [1.54, 1.807) is 12.1 Å². The number of ether oxygens (including phenoxy) is 1. The van der Waals surface area contributed by atoms with Gasteiger partial charge in [-0.2, -0.15) is 4.73 Å². The third-order valence-electron chi connectivity index (χ3n) is 1.86. The van der Waals surface area contributed by atoms with E-state index in [1.165, 1.54) is 6.20 Å². The Hall–Kier alpha value is -1.62. The van der Waals surface area contributed by atoms with Crippen LogP contribution in [0.25, 0.3) is 0 Å². The molecule has 0 unspecified atom stereocenters. The van der Waals surface area contributed by atoms with Gasteiger partial charge in [-0.25, -0.2) is 0 Å². The van der Waals surface area contributed by atoms with Crippen molar-refractivity contribution in [3.8, 4) is 5.75 Å². The molecule has 0 aliphatic carbocycles. The number of pyridine rings is 1. The number of aliphatic hydroxyl groups excluding tert-OH is 1. The maximum absolute atomic E-state index is 11.3. The van der Waals surface area contributed by atoms with E-state index >= 15 is 0 Å². The summed E-state index contributed by atoms with van der Waals surface area (Å²) >= 11 is 0. The summed E-state index contributed by atoms with van der Waals surface area (Å²) in [6.45, 7) is 2.05. The smallest absolute Gasteiger partial charge is 0.202 e. The van der Waals surface area contributed by atoms with Gasteiger partial charge in [-0.15, -0.1) is 0 Å². The zero-order chi connectivity index (χ0) is 11.3. The molecule has 0 aromatic carbocycles. The Morgan fingerprint density at radius 3 is 3.00 bits per heavy atom. The Morgan fingerprint density at radius 1 is 1.67 bits per heavy atom. The van der Waals surface area contributed by atoms with E-state index in [1.807, 2.05) is 6.92 Å². The fourth-order valence-corrected chi connectivity index (χ4v) is 1.17. The Morgan fingerprint density at radius 2 is 2.40 bits per heavy atom. The van der Waals surface area contributed by atoms with Gasteiger partial charge in [-0.1, -0.05) is 0 Å². The minimum atomic E-state index is -0.334. The van der Waals surface area contributed by atoms with Gasteiger partial charge in [0.05, 0.1) is 19.6 Å². The molecule has 1 heterocycles. The van der Waals surface area contributed by atoms with Gasteiger partial charge in [-0.05, 0) is 6.92 Å². The molecule has 0 saturated heterocycles. The lowest BCUT2D eigenvalue weighted by Crippen LogP contribution is -2.32. The number of aromatic nitrogens is 1. The Kier molecular flexibility index (Phi) is 4.05. The van der Waals surface area contributed by atoms with Crippen molar-refractivity contribution in [2.45, 2.75) is 13.3 Å². The van der Waals surface area contributed by atoms with E-state index in [0.717, 1.165) is 0 Å². The molecule has 0 saturated carbocycles. The first-order chi connectivity index (χ1) is 7.17. The number of aliphatic hydroxyl groups is 1. The second-order valence-electron chi connectivity index (χ2n) is 3.05. The van der Waals surface area contributed by atoms with Crippen LogP contribution < -0.4 is 9.47 Å². The van der Waals surface area contributed by atoms with Gasteiger partial charge < -0.3 is 20.5 Å². The zero-order valence-corrected chi connectivity index (χ0v) is 8.56. The Balaban J connectivity index is 2.85.